The highest BCUT2D eigenvalue weighted by atomic mass is 32.1. The van der Waals surface area contributed by atoms with E-state index in [2.05, 4.69) is 11.4 Å². The summed E-state index contributed by atoms with van der Waals surface area (Å²) in [5.41, 5.74) is 2.87. The summed E-state index contributed by atoms with van der Waals surface area (Å²) in [6, 6.07) is 17.1. The number of hydrogen-bond acceptors (Lipinski definition) is 5. The molecule has 1 aliphatic carbocycles. The molecule has 1 aromatic heterocycles. The van der Waals surface area contributed by atoms with E-state index >= 15 is 0 Å². The minimum absolute atomic E-state index is 0.0390. The zero-order valence-corrected chi connectivity index (χ0v) is 20.9. The van der Waals surface area contributed by atoms with Crippen molar-refractivity contribution in [3.8, 4) is 11.5 Å². The molecule has 6 nitrogen and oxygen atoms in total. The fourth-order valence-electron chi connectivity index (χ4n) is 4.63. The third-order valence-electron chi connectivity index (χ3n) is 6.73. The van der Waals surface area contributed by atoms with Crippen molar-refractivity contribution in [1.29, 1.82) is 0 Å². The van der Waals surface area contributed by atoms with E-state index in [1.807, 2.05) is 60.4 Å². The summed E-state index contributed by atoms with van der Waals surface area (Å²) in [4.78, 5) is 31.9. The lowest BCUT2D eigenvalue weighted by molar-refractivity contribution is -0.135. The van der Waals surface area contributed by atoms with Crippen LogP contribution in [0.2, 0.25) is 0 Å². The molecule has 3 aromatic rings. The van der Waals surface area contributed by atoms with Crippen molar-refractivity contribution in [2.45, 2.75) is 38.3 Å². The maximum absolute atomic E-state index is 13.7. The number of amides is 2. The Bertz CT molecular complexity index is 1200. The van der Waals surface area contributed by atoms with Crippen molar-refractivity contribution in [2.75, 3.05) is 26.8 Å². The van der Waals surface area contributed by atoms with Crippen LogP contribution in [0, 0.1) is 6.92 Å². The number of fused-ring (bicyclic) bond motifs is 1. The standard InChI is InChI=1S/C28H30N2O4S/c1-19-7-9-20(10-8-19)28(32)30(21-11-12-21)17-27(31)29-15-13-26-22(14-16-35-26)23(29)18-34-25-6-4-3-5-24(25)33-2/h3-10,14,16,21,23H,11-13,15,17-18H2,1-2H3/t23-/m1/s1. The van der Waals surface area contributed by atoms with Crippen LogP contribution in [-0.2, 0) is 11.2 Å². The second kappa shape index (κ2) is 10.1. The Morgan fingerprint density at radius 2 is 1.80 bits per heavy atom. The van der Waals surface area contributed by atoms with Gasteiger partial charge in [-0.15, -0.1) is 11.3 Å². The first-order valence-electron chi connectivity index (χ1n) is 12.0. The summed E-state index contributed by atoms with van der Waals surface area (Å²) in [5, 5.41) is 2.08. The van der Waals surface area contributed by atoms with Crippen molar-refractivity contribution >= 4 is 23.2 Å². The minimum atomic E-state index is -0.210. The molecule has 35 heavy (non-hydrogen) atoms. The molecule has 5 rings (SSSR count). The molecular weight excluding hydrogens is 460 g/mol. The lowest BCUT2D eigenvalue weighted by atomic mass is 10.00. The first kappa shape index (κ1) is 23.4. The van der Waals surface area contributed by atoms with Gasteiger partial charge in [-0.05, 0) is 67.5 Å². The van der Waals surface area contributed by atoms with Gasteiger partial charge in [0.2, 0.25) is 5.91 Å². The normalized spacial score (nSPS) is 17.0. The van der Waals surface area contributed by atoms with Crippen molar-refractivity contribution < 1.29 is 19.1 Å². The van der Waals surface area contributed by atoms with Crippen molar-refractivity contribution in [3.05, 3.63) is 81.5 Å². The monoisotopic (exact) mass is 490 g/mol. The second-order valence-electron chi connectivity index (χ2n) is 9.14. The number of ether oxygens (including phenoxy) is 2. The Hall–Kier alpha value is -3.32. The maximum Gasteiger partial charge on any atom is 0.254 e. The predicted molar refractivity (Wildman–Crippen MR) is 136 cm³/mol. The number of aryl methyl sites for hydroxylation is 1. The van der Waals surface area contributed by atoms with E-state index in [0.29, 0.717) is 30.2 Å². The van der Waals surface area contributed by atoms with Crippen LogP contribution in [0.3, 0.4) is 0 Å². The van der Waals surface area contributed by atoms with E-state index in [4.69, 9.17) is 9.47 Å². The van der Waals surface area contributed by atoms with Gasteiger partial charge in [0.15, 0.2) is 11.5 Å². The minimum Gasteiger partial charge on any atom is -0.493 e. The first-order valence-corrected chi connectivity index (χ1v) is 12.9. The molecule has 0 radical (unpaired) electrons. The number of carbonyl (C=O) groups is 2. The SMILES string of the molecule is COc1ccccc1OC[C@@H]1c2ccsc2CCN1C(=O)CN(C(=O)c1ccc(C)cc1)C1CC1. The van der Waals surface area contributed by atoms with Crippen LogP contribution in [0.25, 0.3) is 0 Å². The number of benzene rings is 2. The summed E-state index contributed by atoms with van der Waals surface area (Å²) in [6.45, 7) is 3.02. The van der Waals surface area contributed by atoms with E-state index in [0.717, 1.165) is 30.4 Å². The lowest BCUT2D eigenvalue weighted by Crippen LogP contribution is -2.48. The fourth-order valence-corrected chi connectivity index (χ4v) is 5.56. The largest absolute Gasteiger partial charge is 0.493 e. The number of thiophene rings is 1. The van der Waals surface area contributed by atoms with E-state index in [-0.39, 0.29) is 30.4 Å². The van der Waals surface area contributed by atoms with Gasteiger partial charge in [0.05, 0.1) is 13.2 Å². The van der Waals surface area contributed by atoms with E-state index in [9.17, 15) is 9.59 Å². The Morgan fingerprint density at radius 1 is 1.06 bits per heavy atom. The van der Waals surface area contributed by atoms with Crippen molar-refractivity contribution in [2.24, 2.45) is 0 Å². The number of para-hydroxylation sites is 2. The first-order chi connectivity index (χ1) is 17.0. The molecule has 0 unspecified atom stereocenters. The number of rotatable bonds is 8. The van der Waals surface area contributed by atoms with Gasteiger partial charge in [-0.25, -0.2) is 0 Å². The van der Waals surface area contributed by atoms with Gasteiger partial charge in [0.1, 0.15) is 13.2 Å². The van der Waals surface area contributed by atoms with Crippen LogP contribution in [0.15, 0.2) is 60.0 Å². The van der Waals surface area contributed by atoms with Crippen LogP contribution >= 0.6 is 11.3 Å². The molecule has 2 amide bonds. The molecule has 0 N–H and O–H groups in total. The smallest absolute Gasteiger partial charge is 0.254 e. The quantitative estimate of drug-likeness (QED) is 0.452. The summed E-state index contributed by atoms with van der Waals surface area (Å²) >= 11 is 1.72. The zero-order valence-electron chi connectivity index (χ0n) is 20.1. The van der Waals surface area contributed by atoms with Crippen LogP contribution in [0.5, 0.6) is 11.5 Å². The van der Waals surface area contributed by atoms with Crippen LogP contribution in [-0.4, -0.2) is 54.5 Å². The number of hydrogen-bond donors (Lipinski definition) is 0. The van der Waals surface area contributed by atoms with E-state index in [1.165, 1.54) is 4.88 Å². The summed E-state index contributed by atoms with van der Waals surface area (Å²) in [7, 11) is 1.62. The van der Waals surface area contributed by atoms with Crippen LogP contribution in [0.1, 0.15) is 45.2 Å². The van der Waals surface area contributed by atoms with Crippen molar-refractivity contribution in [3.63, 3.8) is 0 Å². The molecule has 1 atom stereocenters. The topological polar surface area (TPSA) is 59.1 Å². The second-order valence-corrected chi connectivity index (χ2v) is 10.1. The van der Waals surface area contributed by atoms with Crippen molar-refractivity contribution in [1.82, 2.24) is 9.80 Å². The third kappa shape index (κ3) is 5.05. The average molecular weight is 491 g/mol. The number of methoxy groups -OCH3 is 1. The van der Waals surface area contributed by atoms with Crippen LogP contribution < -0.4 is 9.47 Å². The number of nitrogens with zero attached hydrogens (tertiary/aromatic N) is 2. The van der Waals surface area contributed by atoms with Gasteiger partial charge in [0, 0.05) is 23.0 Å². The van der Waals surface area contributed by atoms with Gasteiger partial charge in [-0.2, -0.15) is 0 Å². The zero-order chi connectivity index (χ0) is 24.4. The Morgan fingerprint density at radius 3 is 2.51 bits per heavy atom. The molecule has 182 valence electrons. The summed E-state index contributed by atoms with van der Waals surface area (Å²) in [5.74, 6) is 1.20. The highest BCUT2D eigenvalue weighted by Gasteiger charge is 2.38. The Kier molecular flexibility index (Phi) is 6.77. The van der Waals surface area contributed by atoms with E-state index < -0.39 is 0 Å². The molecule has 1 fully saturated rings. The number of carbonyl (C=O) groups excluding carboxylic acids is 2. The molecule has 0 spiro atoms. The molecule has 1 aliphatic heterocycles. The molecule has 2 aromatic carbocycles. The summed E-state index contributed by atoms with van der Waals surface area (Å²) < 4.78 is 11.6. The fraction of sp³-hybridized carbons (Fsp3) is 0.357. The third-order valence-corrected chi connectivity index (χ3v) is 7.73. The summed E-state index contributed by atoms with van der Waals surface area (Å²) in [6.07, 6.45) is 2.71. The Balaban J connectivity index is 1.35. The molecule has 1 saturated carbocycles. The molecule has 7 heteroatoms. The van der Waals surface area contributed by atoms with Gasteiger partial charge >= 0.3 is 0 Å². The van der Waals surface area contributed by atoms with Gasteiger partial charge in [-0.3, -0.25) is 9.59 Å². The molecule has 2 heterocycles. The van der Waals surface area contributed by atoms with Gasteiger partial charge in [0.25, 0.3) is 5.91 Å². The van der Waals surface area contributed by atoms with Gasteiger partial charge < -0.3 is 19.3 Å². The van der Waals surface area contributed by atoms with Crippen LogP contribution in [0.4, 0.5) is 0 Å². The molecule has 0 bridgehead atoms. The molecular formula is C28H30N2O4S. The van der Waals surface area contributed by atoms with Gasteiger partial charge in [-0.1, -0.05) is 29.8 Å². The molecule has 0 saturated heterocycles. The maximum atomic E-state index is 13.7. The molecule has 2 aliphatic rings. The predicted octanol–water partition coefficient (Wildman–Crippen LogP) is 4.87. The lowest BCUT2D eigenvalue weighted by Gasteiger charge is -2.37. The highest BCUT2D eigenvalue weighted by molar-refractivity contribution is 7.10. The average Bonchev–Trinajstić information content (AvgIpc) is 3.61. The Labute approximate surface area is 210 Å². The highest BCUT2D eigenvalue weighted by Crippen LogP contribution is 2.36. The van der Waals surface area contributed by atoms with E-state index in [1.54, 1.807) is 23.3 Å².